The Balaban J connectivity index is 1.70. The van der Waals surface area contributed by atoms with Gasteiger partial charge in [0.25, 0.3) is 11.8 Å². The molecule has 2 aliphatic heterocycles. The summed E-state index contributed by atoms with van der Waals surface area (Å²) in [5.74, 6) is -1.47. The fourth-order valence-corrected chi connectivity index (χ4v) is 5.25. The average Bonchev–Trinajstić information content (AvgIpc) is 3.25. The van der Waals surface area contributed by atoms with E-state index in [1.165, 1.54) is 17.0 Å². The second-order valence-electron chi connectivity index (χ2n) is 8.43. The van der Waals surface area contributed by atoms with Crippen LogP contribution in [-0.2, 0) is 16.9 Å². The summed E-state index contributed by atoms with van der Waals surface area (Å²) in [6.07, 6.45) is 0. The summed E-state index contributed by atoms with van der Waals surface area (Å²) >= 11 is 0. The number of fused-ring (bicyclic) bond motifs is 5. The Bertz CT molecular complexity index is 1560. The van der Waals surface area contributed by atoms with Crippen molar-refractivity contribution in [2.75, 3.05) is 11.4 Å². The van der Waals surface area contributed by atoms with Crippen LogP contribution in [0.25, 0.3) is 11.0 Å². The summed E-state index contributed by atoms with van der Waals surface area (Å²) in [5, 5.41) is 0.303. The molecule has 4 aromatic rings. The molecule has 0 saturated heterocycles. The maximum Gasteiger partial charge on any atom is 0.291 e. The van der Waals surface area contributed by atoms with Crippen molar-refractivity contribution >= 4 is 28.5 Å². The fraction of sp³-hybridized carbons (Fsp3) is 0.148. The zero-order valence-corrected chi connectivity index (χ0v) is 18.2. The molecular formula is C27H19FN2O4. The number of amides is 2. The van der Waals surface area contributed by atoms with Gasteiger partial charge in [-0.25, -0.2) is 4.39 Å². The third-order valence-corrected chi connectivity index (χ3v) is 6.71. The Morgan fingerprint density at radius 2 is 1.62 bits per heavy atom. The molecule has 6 nitrogen and oxygen atoms in total. The molecule has 3 aromatic carbocycles. The van der Waals surface area contributed by atoms with Crippen molar-refractivity contribution in [1.82, 2.24) is 4.90 Å². The van der Waals surface area contributed by atoms with Crippen LogP contribution in [0.4, 0.5) is 10.1 Å². The van der Waals surface area contributed by atoms with E-state index in [0.717, 1.165) is 0 Å². The zero-order chi connectivity index (χ0) is 23.6. The molecule has 7 heteroatoms. The molecule has 1 atom stereocenters. The molecule has 0 aliphatic carbocycles. The molecule has 3 heterocycles. The molecule has 1 spiro atoms. The van der Waals surface area contributed by atoms with Gasteiger partial charge in [0.05, 0.1) is 16.6 Å². The summed E-state index contributed by atoms with van der Waals surface area (Å²) < 4.78 is 19.5. The number of rotatable bonds is 3. The predicted molar refractivity (Wildman–Crippen MR) is 124 cm³/mol. The Kier molecular flexibility index (Phi) is 4.26. The van der Waals surface area contributed by atoms with E-state index in [-0.39, 0.29) is 29.4 Å². The molecule has 168 valence electrons. The first kappa shape index (κ1) is 20.4. The van der Waals surface area contributed by atoms with Crippen molar-refractivity contribution in [3.8, 4) is 0 Å². The third kappa shape index (κ3) is 2.46. The van der Waals surface area contributed by atoms with Crippen molar-refractivity contribution in [2.45, 2.75) is 19.0 Å². The molecule has 1 unspecified atom stereocenters. The number of para-hydroxylation sites is 2. The molecule has 0 fully saturated rings. The molecule has 0 bridgehead atoms. The monoisotopic (exact) mass is 454 g/mol. The number of anilines is 1. The summed E-state index contributed by atoms with van der Waals surface area (Å²) in [5.41, 5.74) is 0.0621. The van der Waals surface area contributed by atoms with Crippen molar-refractivity contribution in [1.29, 1.82) is 0 Å². The summed E-state index contributed by atoms with van der Waals surface area (Å²) in [7, 11) is 0. The Hall–Kier alpha value is -4.26. The van der Waals surface area contributed by atoms with Gasteiger partial charge in [-0.1, -0.05) is 42.5 Å². The van der Waals surface area contributed by atoms with Gasteiger partial charge in [-0.2, -0.15) is 0 Å². The largest absolute Gasteiger partial charge is 0.450 e. The maximum atomic E-state index is 14.2. The third-order valence-electron chi connectivity index (χ3n) is 6.71. The highest BCUT2D eigenvalue weighted by Gasteiger charge is 2.64. The number of likely N-dealkylation sites (N-methyl/N-ethyl adjacent to an activating group) is 1. The van der Waals surface area contributed by atoms with Gasteiger partial charge in [0.15, 0.2) is 11.0 Å². The van der Waals surface area contributed by atoms with Gasteiger partial charge >= 0.3 is 0 Å². The van der Waals surface area contributed by atoms with Crippen molar-refractivity contribution in [3.63, 3.8) is 0 Å². The van der Waals surface area contributed by atoms with Crippen LogP contribution in [-0.4, -0.2) is 23.3 Å². The van der Waals surface area contributed by atoms with Gasteiger partial charge < -0.3 is 14.2 Å². The van der Waals surface area contributed by atoms with Gasteiger partial charge in [-0.3, -0.25) is 14.4 Å². The lowest BCUT2D eigenvalue weighted by molar-refractivity contribution is -0.126. The van der Waals surface area contributed by atoms with E-state index in [0.29, 0.717) is 28.7 Å². The standard InChI is InChI=1S/C27H19FN2O4/c1-2-29-20-9-5-4-8-19(20)27(26(29)33)22-23(31)18-7-3-6-10-21(18)34-24(22)25(32)30(27)15-16-11-13-17(28)14-12-16/h3-14H,2,15H2,1H3. The van der Waals surface area contributed by atoms with Gasteiger partial charge in [0.2, 0.25) is 5.76 Å². The molecule has 0 radical (unpaired) electrons. The topological polar surface area (TPSA) is 70.8 Å². The van der Waals surface area contributed by atoms with Crippen LogP contribution in [0.3, 0.4) is 0 Å². The first-order valence-electron chi connectivity index (χ1n) is 11.0. The molecule has 6 rings (SSSR count). The lowest BCUT2D eigenvalue weighted by Crippen LogP contribution is -2.53. The Morgan fingerprint density at radius 3 is 2.38 bits per heavy atom. The second kappa shape index (κ2) is 7.12. The van der Waals surface area contributed by atoms with E-state index >= 15 is 0 Å². The van der Waals surface area contributed by atoms with Crippen LogP contribution < -0.4 is 10.3 Å². The lowest BCUT2D eigenvalue weighted by atomic mass is 9.83. The lowest BCUT2D eigenvalue weighted by Gasteiger charge is -2.34. The molecule has 34 heavy (non-hydrogen) atoms. The minimum atomic E-state index is -1.67. The normalized spacial score (nSPS) is 18.8. The van der Waals surface area contributed by atoms with E-state index in [1.807, 2.05) is 19.1 Å². The minimum absolute atomic E-state index is 0.00325. The highest BCUT2D eigenvalue weighted by atomic mass is 19.1. The van der Waals surface area contributed by atoms with Crippen LogP contribution in [0.1, 0.15) is 34.2 Å². The predicted octanol–water partition coefficient (Wildman–Crippen LogP) is 4.20. The van der Waals surface area contributed by atoms with E-state index in [9.17, 15) is 18.8 Å². The fourth-order valence-electron chi connectivity index (χ4n) is 5.25. The Labute approximate surface area is 193 Å². The van der Waals surface area contributed by atoms with Crippen LogP contribution in [0, 0.1) is 5.82 Å². The van der Waals surface area contributed by atoms with Crippen molar-refractivity contribution < 1.29 is 18.4 Å². The number of halogens is 1. The van der Waals surface area contributed by atoms with E-state index < -0.39 is 22.7 Å². The second-order valence-corrected chi connectivity index (χ2v) is 8.43. The summed E-state index contributed by atoms with van der Waals surface area (Å²) in [4.78, 5) is 44.8. The van der Waals surface area contributed by atoms with E-state index in [1.54, 1.807) is 53.4 Å². The SMILES string of the molecule is CCN1C(=O)C2(c3ccccc31)c1c(oc3ccccc3c1=O)C(=O)N2Cc1ccc(F)cc1. The van der Waals surface area contributed by atoms with Gasteiger partial charge in [0.1, 0.15) is 11.4 Å². The molecule has 1 aromatic heterocycles. The molecule has 2 amide bonds. The molecule has 2 aliphatic rings. The van der Waals surface area contributed by atoms with Gasteiger partial charge in [-0.15, -0.1) is 0 Å². The van der Waals surface area contributed by atoms with E-state index in [4.69, 9.17) is 4.42 Å². The minimum Gasteiger partial charge on any atom is -0.450 e. The number of carbonyl (C=O) groups excluding carboxylic acids is 2. The smallest absolute Gasteiger partial charge is 0.291 e. The van der Waals surface area contributed by atoms with Gasteiger partial charge in [-0.05, 0) is 42.8 Å². The van der Waals surface area contributed by atoms with Crippen LogP contribution in [0.5, 0.6) is 0 Å². The molecule has 0 N–H and O–H groups in total. The average molecular weight is 454 g/mol. The first-order chi connectivity index (χ1) is 16.5. The van der Waals surface area contributed by atoms with Crippen molar-refractivity contribution in [3.05, 3.63) is 111 Å². The number of carbonyl (C=O) groups is 2. The van der Waals surface area contributed by atoms with Crippen LogP contribution in [0.15, 0.2) is 82.0 Å². The molecule has 0 saturated carbocycles. The van der Waals surface area contributed by atoms with Crippen LogP contribution in [0.2, 0.25) is 0 Å². The van der Waals surface area contributed by atoms with Crippen molar-refractivity contribution in [2.24, 2.45) is 0 Å². The quantitative estimate of drug-likeness (QED) is 0.465. The van der Waals surface area contributed by atoms with E-state index in [2.05, 4.69) is 0 Å². The highest BCUT2D eigenvalue weighted by Crippen LogP contribution is 2.52. The summed E-state index contributed by atoms with van der Waals surface area (Å²) in [6.45, 7) is 2.21. The number of nitrogens with zero attached hydrogens (tertiary/aromatic N) is 2. The molecular weight excluding hydrogens is 435 g/mol. The number of hydrogen-bond acceptors (Lipinski definition) is 4. The zero-order valence-electron chi connectivity index (χ0n) is 18.2. The highest BCUT2D eigenvalue weighted by molar-refractivity contribution is 6.17. The van der Waals surface area contributed by atoms with Crippen LogP contribution >= 0.6 is 0 Å². The maximum absolute atomic E-state index is 14.2. The number of benzene rings is 3. The first-order valence-corrected chi connectivity index (χ1v) is 11.0. The summed E-state index contributed by atoms with van der Waals surface area (Å²) in [6, 6.07) is 19.6. The Morgan fingerprint density at radius 1 is 0.912 bits per heavy atom. The number of hydrogen-bond donors (Lipinski definition) is 0. The van der Waals surface area contributed by atoms with Gasteiger partial charge in [0, 0.05) is 18.7 Å².